The minimum Gasteiger partial charge on any atom is -0.102 e. The first kappa shape index (κ1) is 10.8. The van der Waals surface area contributed by atoms with Crippen molar-refractivity contribution in [2.45, 2.75) is 19.3 Å². The molecule has 13 heavy (non-hydrogen) atoms. The summed E-state index contributed by atoms with van der Waals surface area (Å²) in [6.45, 7) is 8.03. The van der Waals surface area contributed by atoms with Crippen LogP contribution in [0.4, 0.5) is 0 Å². The standard InChI is InChI=1S/C11H12BrCl/c1-4-11(2,3)8-5-6-9(12)10(13)7-8/h4-7H,1H2,2-3H3. The third-order valence-electron chi connectivity index (χ3n) is 2.17. The highest BCUT2D eigenvalue weighted by Gasteiger charge is 2.16. The van der Waals surface area contributed by atoms with Crippen LogP contribution in [-0.2, 0) is 5.41 Å². The lowest BCUT2D eigenvalue weighted by molar-refractivity contribution is 0.672. The molecule has 0 unspecified atom stereocenters. The zero-order valence-corrected chi connectivity index (χ0v) is 10.1. The van der Waals surface area contributed by atoms with Crippen molar-refractivity contribution in [1.29, 1.82) is 0 Å². The van der Waals surface area contributed by atoms with E-state index in [0.717, 1.165) is 9.50 Å². The molecule has 0 amide bonds. The molecule has 0 fully saturated rings. The fraction of sp³-hybridized carbons (Fsp3) is 0.273. The summed E-state index contributed by atoms with van der Waals surface area (Å²) in [5.74, 6) is 0. The average molecular weight is 260 g/mol. The van der Waals surface area contributed by atoms with Crippen molar-refractivity contribution in [3.05, 3.63) is 45.9 Å². The summed E-state index contributed by atoms with van der Waals surface area (Å²) in [7, 11) is 0. The molecule has 0 bridgehead atoms. The van der Waals surface area contributed by atoms with Gasteiger partial charge >= 0.3 is 0 Å². The molecule has 0 aromatic heterocycles. The fourth-order valence-corrected chi connectivity index (χ4v) is 1.44. The van der Waals surface area contributed by atoms with Gasteiger partial charge in [0.1, 0.15) is 0 Å². The largest absolute Gasteiger partial charge is 0.102 e. The van der Waals surface area contributed by atoms with E-state index in [1.807, 2.05) is 18.2 Å². The molecule has 0 N–H and O–H groups in total. The summed E-state index contributed by atoms with van der Waals surface area (Å²) in [6, 6.07) is 5.98. The molecule has 0 aliphatic carbocycles. The van der Waals surface area contributed by atoms with Crippen LogP contribution in [0.25, 0.3) is 0 Å². The molecule has 0 saturated heterocycles. The van der Waals surface area contributed by atoms with Gasteiger partial charge in [-0.15, -0.1) is 6.58 Å². The third-order valence-corrected chi connectivity index (χ3v) is 3.41. The van der Waals surface area contributed by atoms with Gasteiger partial charge in [0.05, 0.1) is 5.02 Å². The highest BCUT2D eigenvalue weighted by molar-refractivity contribution is 9.10. The van der Waals surface area contributed by atoms with Gasteiger partial charge in [0.25, 0.3) is 0 Å². The molecular formula is C11H12BrCl. The van der Waals surface area contributed by atoms with E-state index in [2.05, 4.69) is 42.4 Å². The van der Waals surface area contributed by atoms with Gasteiger partial charge in [-0.05, 0) is 33.6 Å². The quantitative estimate of drug-likeness (QED) is 0.683. The lowest BCUT2D eigenvalue weighted by atomic mass is 9.85. The molecule has 0 atom stereocenters. The van der Waals surface area contributed by atoms with Gasteiger partial charge in [-0.2, -0.15) is 0 Å². The molecule has 1 rings (SSSR count). The van der Waals surface area contributed by atoms with E-state index in [9.17, 15) is 0 Å². The molecule has 0 nitrogen and oxygen atoms in total. The Balaban J connectivity index is 3.18. The monoisotopic (exact) mass is 258 g/mol. The minimum atomic E-state index is -0.0235. The highest BCUT2D eigenvalue weighted by atomic mass is 79.9. The summed E-state index contributed by atoms with van der Waals surface area (Å²) in [5, 5.41) is 0.743. The van der Waals surface area contributed by atoms with E-state index in [1.165, 1.54) is 5.56 Å². The Kier molecular flexibility index (Phi) is 3.20. The molecule has 0 spiro atoms. The molecule has 0 radical (unpaired) electrons. The van der Waals surface area contributed by atoms with Crippen LogP contribution < -0.4 is 0 Å². The molecule has 0 aliphatic rings. The van der Waals surface area contributed by atoms with E-state index in [-0.39, 0.29) is 5.41 Å². The first-order valence-electron chi connectivity index (χ1n) is 4.06. The summed E-state index contributed by atoms with van der Waals surface area (Å²) in [4.78, 5) is 0. The van der Waals surface area contributed by atoms with Gasteiger partial charge in [-0.1, -0.05) is 37.6 Å². The predicted molar refractivity (Wildman–Crippen MR) is 62.4 cm³/mol. The maximum Gasteiger partial charge on any atom is 0.0551 e. The van der Waals surface area contributed by atoms with Crippen molar-refractivity contribution >= 4 is 27.5 Å². The average Bonchev–Trinajstić information content (AvgIpc) is 2.09. The topological polar surface area (TPSA) is 0 Å². The Morgan fingerprint density at radius 1 is 1.46 bits per heavy atom. The van der Waals surface area contributed by atoms with Gasteiger partial charge in [0.15, 0.2) is 0 Å². The Bertz CT molecular complexity index is 329. The van der Waals surface area contributed by atoms with Crippen LogP contribution in [0.2, 0.25) is 5.02 Å². The van der Waals surface area contributed by atoms with E-state index in [1.54, 1.807) is 0 Å². The first-order valence-corrected chi connectivity index (χ1v) is 5.23. The fourth-order valence-electron chi connectivity index (χ4n) is 1.01. The van der Waals surface area contributed by atoms with E-state index < -0.39 is 0 Å². The van der Waals surface area contributed by atoms with E-state index in [4.69, 9.17) is 11.6 Å². The van der Waals surface area contributed by atoms with Crippen molar-refractivity contribution < 1.29 is 0 Å². The normalized spacial score (nSPS) is 11.4. The smallest absolute Gasteiger partial charge is 0.0551 e. The molecule has 0 aliphatic heterocycles. The molecule has 0 heterocycles. The second-order valence-corrected chi connectivity index (χ2v) is 4.82. The lowest BCUT2D eigenvalue weighted by Crippen LogP contribution is -2.12. The van der Waals surface area contributed by atoms with Crippen LogP contribution >= 0.6 is 27.5 Å². The van der Waals surface area contributed by atoms with Crippen molar-refractivity contribution in [3.63, 3.8) is 0 Å². The number of halogens is 2. The van der Waals surface area contributed by atoms with Crippen LogP contribution in [0.5, 0.6) is 0 Å². The van der Waals surface area contributed by atoms with Crippen LogP contribution in [-0.4, -0.2) is 0 Å². The first-order chi connectivity index (χ1) is 5.97. The number of hydrogen-bond acceptors (Lipinski definition) is 0. The Morgan fingerprint density at radius 3 is 2.54 bits per heavy atom. The zero-order chi connectivity index (χ0) is 10.1. The summed E-state index contributed by atoms with van der Waals surface area (Å²) < 4.78 is 0.928. The second-order valence-electron chi connectivity index (χ2n) is 3.55. The Hall–Kier alpha value is -0.270. The van der Waals surface area contributed by atoms with Crippen molar-refractivity contribution in [2.75, 3.05) is 0 Å². The Morgan fingerprint density at radius 2 is 2.08 bits per heavy atom. The maximum absolute atomic E-state index is 6.00. The maximum atomic E-state index is 6.00. The minimum absolute atomic E-state index is 0.0235. The Labute approximate surface area is 92.7 Å². The molecule has 1 aromatic carbocycles. The number of allylic oxidation sites excluding steroid dienone is 1. The van der Waals surface area contributed by atoms with Gasteiger partial charge in [0.2, 0.25) is 0 Å². The van der Waals surface area contributed by atoms with Gasteiger partial charge in [0, 0.05) is 9.89 Å². The molecule has 70 valence electrons. The SMILES string of the molecule is C=CC(C)(C)c1ccc(Br)c(Cl)c1. The van der Waals surface area contributed by atoms with Crippen LogP contribution in [0.15, 0.2) is 35.3 Å². The number of benzene rings is 1. The van der Waals surface area contributed by atoms with Crippen molar-refractivity contribution in [3.8, 4) is 0 Å². The zero-order valence-electron chi connectivity index (χ0n) is 7.77. The number of hydrogen-bond donors (Lipinski definition) is 0. The predicted octanol–water partition coefficient (Wildman–Crippen LogP) is 4.57. The summed E-state index contributed by atoms with van der Waals surface area (Å²) >= 11 is 9.36. The van der Waals surface area contributed by atoms with Gasteiger partial charge in [-0.3, -0.25) is 0 Å². The second kappa shape index (κ2) is 3.85. The lowest BCUT2D eigenvalue weighted by Gasteiger charge is -2.20. The van der Waals surface area contributed by atoms with Gasteiger partial charge < -0.3 is 0 Å². The van der Waals surface area contributed by atoms with Crippen molar-refractivity contribution in [2.24, 2.45) is 0 Å². The van der Waals surface area contributed by atoms with E-state index >= 15 is 0 Å². The summed E-state index contributed by atoms with van der Waals surface area (Å²) in [6.07, 6.45) is 1.92. The van der Waals surface area contributed by atoms with Crippen molar-refractivity contribution in [1.82, 2.24) is 0 Å². The van der Waals surface area contributed by atoms with E-state index in [0.29, 0.717) is 0 Å². The molecule has 1 aromatic rings. The third kappa shape index (κ3) is 2.35. The highest BCUT2D eigenvalue weighted by Crippen LogP contribution is 2.30. The molecular weight excluding hydrogens is 247 g/mol. The molecule has 2 heteroatoms. The van der Waals surface area contributed by atoms with Gasteiger partial charge in [-0.25, -0.2) is 0 Å². The van der Waals surface area contributed by atoms with Crippen LogP contribution in [0, 0.1) is 0 Å². The summed E-state index contributed by atoms with van der Waals surface area (Å²) in [5.41, 5.74) is 1.15. The van der Waals surface area contributed by atoms with Crippen LogP contribution in [0.3, 0.4) is 0 Å². The van der Waals surface area contributed by atoms with Crippen LogP contribution in [0.1, 0.15) is 19.4 Å². The number of rotatable bonds is 2. The molecule has 0 saturated carbocycles.